The first kappa shape index (κ1) is 20.8. The van der Waals surface area contributed by atoms with Crippen molar-refractivity contribution in [1.29, 1.82) is 0 Å². The molecule has 0 spiro atoms. The topological polar surface area (TPSA) is 100 Å². The summed E-state index contributed by atoms with van der Waals surface area (Å²) in [7, 11) is -2.95. The normalized spacial score (nSPS) is 21.7. The maximum atomic E-state index is 12.3. The zero-order valence-electron chi connectivity index (χ0n) is 17.4. The van der Waals surface area contributed by atoms with E-state index in [0.29, 0.717) is 18.7 Å². The van der Waals surface area contributed by atoms with Gasteiger partial charge in [0.1, 0.15) is 0 Å². The average Bonchev–Trinajstić information content (AvgIpc) is 3.21. The zero-order chi connectivity index (χ0) is 21.3. The van der Waals surface area contributed by atoms with Crippen molar-refractivity contribution in [2.75, 3.05) is 54.4 Å². The Morgan fingerprint density at radius 1 is 1.23 bits per heavy atom. The van der Waals surface area contributed by atoms with Crippen LogP contribution >= 0.6 is 0 Å². The molecule has 0 bridgehead atoms. The second kappa shape index (κ2) is 8.35. The highest BCUT2D eigenvalue weighted by atomic mass is 32.2. The first-order valence-corrected chi connectivity index (χ1v) is 12.1. The smallest absolute Gasteiger partial charge is 0.238 e. The van der Waals surface area contributed by atoms with Gasteiger partial charge >= 0.3 is 0 Å². The molecule has 2 aliphatic rings. The van der Waals surface area contributed by atoms with E-state index in [1.54, 1.807) is 18.5 Å². The molecule has 9 nitrogen and oxygen atoms in total. The molecule has 2 aliphatic heterocycles. The van der Waals surface area contributed by atoms with Gasteiger partial charge in [-0.3, -0.25) is 19.4 Å². The van der Waals surface area contributed by atoms with Crippen LogP contribution in [0, 0.1) is 13.8 Å². The van der Waals surface area contributed by atoms with Gasteiger partial charge in [-0.15, -0.1) is 0 Å². The second-order valence-electron chi connectivity index (χ2n) is 8.07. The van der Waals surface area contributed by atoms with Crippen molar-refractivity contribution in [3.63, 3.8) is 0 Å². The fourth-order valence-electron chi connectivity index (χ4n) is 4.41. The first-order chi connectivity index (χ1) is 14.3. The number of nitrogens with one attached hydrogen (secondary N) is 1. The maximum Gasteiger partial charge on any atom is 0.238 e. The summed E-state index contributed by atoms with van der Waals surface area (Å²) in [4.78, 5) is 20.7. The SMILES string of the molecule is Cc1nn(C2CCS(=O)(=O)C2)c(C)c1N1CCN(CC(=O)Nc2cccnc2)CC1. The van der Waals surface area contributed by atoms with Gasteiger partial charge in [-0.05, 0) is 32.4 Å². The van der Waals surface area contributed by atoms with Crippen molar-refractivity contribution >= 4 is 27.1 Å². The number of pyridine rings is 1. The molecule has 0 aliphatic carbocycles. The minimum atomic E-state index is -2.95. The average molecular weight is 433 g/mol. The van der Waals surface area contributed by atoms with Crippen molar-refractivity contribution < 1.29 is 13.2 Å². The van der Waals surface area contributed by atoms with Crippen LogP contribution in [0.25, 0.3) is 0 Å². The van der Waals surface area contributed by atoms with Crippen LogP contribution in [0.1, 0.15) is 23.9 Å². The number of nitrogens with zero attached hydrogens (tertiary/aromatic N) is 5. The van der Waals surface area contributed by atoms with E-state index in [0.717, 1.165) is 43.3 Å². The van der Waals surface area contributed by atoms with E-state index >= 15 is 0 Å². The molecule has 4 heterocycles. The van der Waals surface area contributed by atoms with Crippen molar-refractivity contribution in [3.05, 3.63) is 35.9 Å². The van der Waals surface area contributed by atoms with Crippen LogP contribution in [0.5, 0.6) is 0 Å². The highest BCUT2D eigenvalue weighted by Gasteiger charge is 2.32. The van der Waals surface area contributed by atoms with Crippen LogP contribution in [-0.2, 0) is 14.6 Å². The van der Waals surface area contributed by atoms with Crippen molar-refractivity contribution in [2.24, 2.45) is 0 Å². The fraction of sp³-hybridized carbons (Fsp3) is 0.550. The molecule has 30 heavy (non-hydrogen) atoms. The lowest BCUT2D eigenvalue weighted by Crippen LogP contribution is -2.49. The monoisotopic (exact) mass is 432 g/mol. The van der Waals surface area contributed by atoms with E-state index in [4.69, 9.17) is 0 Å². The summed E-state index contributed by atoms with van der Waals surface area (Å²) in [5, 5.41) is 7.55. The van der Waals surface area contributed by atoms with Gasteiger partial charge in [0, 0.05) is 32.4 Å². The third kappa shape index (κ3) is 4.49. The van der Waals surface area contributed by atoms with Crippen molar-refractivity contribution in [2.45, 2.75) is 26.3 Å². The summed E-state index contributed by atoms with van der Waals surface area (Å²) >= 11 is 0. The molecule has 1 amide bonds. The Balaban J connectivity index is 1.36. The Hall–Kier alpha value is -2.46. The van der Waals surface area contributed by atoms with E-state index < -0.39 is 9.84 Å². The predicted molar refractivity (Wildman–Crippen MR) is 116 cm³/mol. The van der Waals surface area contributed by atoms with Gasteiger partial charge in [0.25, 0.3) is 0 Å². The van der Waals surface area contributed by atoms with E-state index in [1.165, 1.54) is 0 Å². The molecular weight excluding hydrogens is 404 g/mol. The van der Waals surface area contributed by atoms with Crippen LogP contribution in [0.3, 0.4) is 0 Å². The number of anilines is 2. The summed E-state index contributed by atoms with van der Waals surface area (Å²) in [6.07, 6.45) is 3.94. The van der Waals surface area contributed by atoms with Gasteiger partial charge in [-0.25, -0.2) is 8.42 Å². The lowest BCUT2D eigenvalue weighted by Gasteiger charge is -2.35. The number of rotatable bonds is 5. The molecule has 2 aromatic rings. The molecule has 162 valence electrons. The Morgan fingerprint density at radius 2 is 2.00 bits per heavy atom. The van der Waals surface area contributed by atoms with Crippen LogP contribution < -0.4 is 10.2 Å². The van der Waals surface area contributed by atoms with Crippen molar-refractivity contribution in [1.82, 2.24) is 19.7 Å². The van der Waals surface area contributed by atoms with E-state index in [1.807, 2.05) is 24.6 Å². The number of carbonyl (C=O) groups is 1. The summed E-state index contributed by atoms with van der Waals surface area (Å²) < 4.78 is 25.6. The van der Waals surface area contributed by atoms with Gasteiger partial charge in [0.15, 0.2) is 9.84 Å². The molecule has 1 atom stereocenters. The molecule has 0 radical (unpaired) electrons. The quantitative estimate of drug-likeness (QED) is 0.753. The standard InChI is InChI=1S/C20H28N6O3S/c1-15-20(16(2)26(23-15)18-5-11-30(28,29)14-18)25-9-7-24(8-10-25)13-19(27)22-17-4-3-6-21-12-17/h3-4,6,12,18H,5,7-11,13-14H2,1-2H3,(H,22,27). The first-order valence-electron chi connectivity index (χ1n) is 10.3. The number of amides is 1. The molecule has 0 saturated carbocycles. The van der Waals surface area contributed by atoms with Gasteiger partial charge in [-0.2, -0.15) is 5.10 Å². The molecule has 10 heteroatoms. The number of aromatic nitrogens is 3. The van der Waals surface area contributed by atoms with E-state index in [9.17, 15) is 13.2 Å². The van der Waals surface area contributed by atoms with Gasteiger partial charge in [-0.1, -0.05) is 0 Å². The molecule has 2 saturated heterocycles. The Kier molecular flexibility index (Phi) is 5.79. The number of hydrogen-bond donors (Lipinski definition) is 1. The second-order valence-corrected chi connectivity index (χ2v) is 10.3. The molecular formula is C20H28N6O3S. The van der Waals surface area contributed by atoms with Gasteiger partial charge < -0.3 is 10.2 Å². The number of sulfone groups is 1. The highest BCUT2D eigenvalue weighted by Crippen LogP contribution is 2.31. The summed E-state index contributed by atoms with van der Waals surface area (Å²) in [5.74, 6) is 0.374. The fourth-order valence-corrected chi connectivity index (χ4v) is 6.10. The van der Waals surface area contributed by atoms with Crippen LogP contribution in [0.4, 0.5) is 11.4 Å². The molecule has 2 fully saturated rings. The Morgan fingerprint density at radius 3 is 2.63 bits per heavy atom. The molecule has 1 N–H and O–H groups in total. The summed E-state index contributed by atoms with van der Waals surface area (Å²) in [5.41, 5.74) is 3.75. The van der Waals surface area contributed by atoms with Crippen LogP contribution in [0.15, 0.2) is 24.5 Å². The number of carbonyl (C=O) groups excluding carboxylic acids is 1. The molecule has 0 aromatic carbocycles. The van der Waals surface area contributed by atoms with Gasteiger partial charge in [0.2, 0.25) is 5.91 Å². The summed E-state index contributed by atoms with van der Waals surface area (Å²) in [6.45, 7) is 7.52. The lowest BCUT2D eigenvalue weighted by atomic mass is 10.2. The summed E-state index contributed by atoms with van der Waals surface area (Å²) in [6, 6.07) is 3.54. The van der Waals surface area contributed by atoms with E-state index in [2.05, 4.69) is 25.2 Å². The van der Waals surface area contributed by atoms with Gasteiger partial charge in [0.05, 0.1) is 53.1 Å². The Labute approximate surface area is 177 Å². The molecule has 1 unspecified atom stereocenters. The zero-order valence-corrected chi connectivity index (χ0v) is 18.2. The number of aryl methyl sites for hydroxylation is 1. The number of piperazine rings is 1. The van der Waals surface area contributed by atoms with Crippen LogP contribution in [-0.4, -0.2) is 78.2 Å². The highest BCUT2D eigenvalue weighted by molar-refractivity contribution is 7.91. The minimum absolute atomic E-state index is 0.0425. The predicted octanol–water partition coefficient (Wildman–Crippen LogP) is 1.02. The van der Waals surface area contributed by atoms with Crippen LogP contribution in [0.2, 0.25) is 0 Å². The molecule has 2 aromatic heterocycles. The molecule has 4 rings (SSSR count). The lowest BCUT2D eigenvalue weighted by molar-refractivity contribution is -0.117. The Bertz CT molecular complexity index is 1010. The maximum absolute atomic E-state index is 12.3. The minimum Gasteiger partial charge on any atom is -0.366 e. The third-order valence-electron chi connectivity index (χ3n) is 5.84. The third-order valence-corrected chi connectivity index (χ3v) is 7.59. The largest absolute Gasteiger partial charge is 0.366 e. The van der Waals surface area contributed by atoms with Crippen molar-refractivity contribution in [3.8, 4) is 0 Å². The van der Waals surface area contributed by atoms with E-state index in [-0.39, 0.29) is 23.5 Å². The number of hydrogen-bond acceptors (Lipinski definition) is 7.